The van der Waals surface area contributed by atoms with Crippen molar-refractivity contribution in [1.29, 1.82) is 0 Å². The molecule has 0 spiro atoms. The van der Waals surface area contributed by atoms with Gasteiger partial charge in [0.2, 0.25) is 5.91 Å². The number of ether oxygens (including phenoxy) is 1. The van der Waals surface area contributed by atoms with Crippen LogP contribution in [-0.2, 0) is 9.59 Å². The summed E-state index contributed by atoms with van der Waals surface area (Å²) in [7, 11) is 1.55. The zero-order valence-electron chi connectivity index (χ0n) is 12.1. The molecular formula is C14H21ClN2O4. The molecule has 0 aromatic heterocycles. The van der Waals surface area contributed by atoms with Crippen molar-refractivity contribution in [2.24, 2.45) is 0 Å². The van der Waals surface area contributed by atoms with Gasteiger partial charge in [0, 0.05) is 11.8 Å². The van der Waals surface area contributed by atoms with Crippen LogP contribution in [0.3, 0.4) is 0 Å². The zero-order chi connectivity index (χ0) is 15.0. The number of carboxylic acids is 1. The summed E-state index contributed by atoms with van der Waals surface area (Å²) >= 11 is 0. The second-order valence-corrected chi connectivity index (χ2v) is 4.34. The lowest BCUT2D eigenvalue weighted by Gasteiger charge is -2.13. The van der Waals surface area contributed by atoms with Crippen LogP contribution in [0.15, 0.2) is 24.3 Å². The van der Waals surface area contributed by atoms with E-state index >= 15 is 0 Å². The number of aliphatic carboxylic acids is 1. The predicted molar refractivity (Wildman–Crippen MR) is 83.2 cm³/mol. The van der Waals surface area contributed by atoms with E-state index in [9.17, 15) is 9.59 Å². The van der Waals surface area contributed by atoms with Crippen molar-refractivity contribution in [1.82, 2.24) is 5.32 Å². The van der Waals surface area contributed by atoms with Gasteiger partial charge in [0.05, 0.1) is 13.7 Å². The van der Waals surface area contributed by atoms with Crippen LogP contribution in [0, 0.1) is 0 Å². The van der Waals surface area contributed by atoms with Gasteiger partial charge in [-0.25, -0.2) is 0 Å². The number of nitrogens with one attached hydrogen (secondary N) is 2. The summed E-state index contributed by atoms with van der Waals surface area (Å²) in [5.74, 6) is -0.591. The van der Waals surface area contributed by atoms with Crippen molar-refractivity contribution in [2.45, 2.75) is 25.8 Å². The van der Waals surface area contributed by atoms with Crippen LogP contribution < -0.4 is 15.4 Å². The summed E-state index contributed by atoms with van der Waals surface area (Å²) in [5, 5.41) is 14.4. The van der Waals surface area contributed by atoms with E-state index in [2.05, 4.69) is 10.6 Å². The summed E-state index contributed by atoms with van der Waals surface area (Å²) in [6.07, 6.45) is 1.23. The Labute approximate surface area is 130 Å². The fourth-order valence-corrected chi connectivity index (χ4v) is 1.72. The summed E-state index contributed by atoms with van der Waals surface area (Å²) in [6.45, 7) is 1.85. The van der Waals surface area contributed by atoms with E-state index in [-0.39, 0.29) is 24.9 Å². The highest BCUT2D eigenvalue weighted by atomic mass is 35.5. The SMILES string of the molecule is CCCC(NCC(=O)Nc1cccc(OC)c1)C(=O)O.Cl. The molecule has 3 N–H and O–H groups in total. The molecule has 1 atom stereocenters. The van der Waals surface area contributed by atoms with Crippen LogP contribution >= 0.6 is 12.4 Å². The van der Waals surface area contributed by atoms with Crippen LogP contribution in [0.4, 0.5) is 5.69 Å². The van der Waals surface area contributed by atoms with E-state index in [1.807, 2.05) is 6.92 Å². The highest BCUT2D eigenvalue weighted by molar-refractivity contribution is 5.92. The molecule has 21 heavy (non-hydrogen) atoms. The molecule has 1 rings (SSSR count). The molecule has 118 valence electrons. The highest BCUT2D eigenvalue weighted by Gasteiger charge is 2.16. The maximum Gasteiger partial charge on any atom is 0.320 e. The van der Waals surface area contributed by atoms with E-state index in [1.165, 1.54) is 0 Å². The Morgan fingerprint density at radius 1 is 1.38 bits per heavy atom. The van der Waals surface area contributed by atoms with Gasteiger partial charge in [0.1, 0.15) is 11.8 Å². The largest absolute Gasteiger partial charge is 0.497 e. The standard InChI is InChI=1S/C14H20N2O4.ClH/c1-3-5-12(14(18)19)15-9-13(17)16-10-6-4-7-11(8-10)20-2;/h4,6-8,12,15H,3,5,9H2,1-2H3,(H,16,17)(H,18,19);1H. The van der Waals surface area contributed by atoms with E-state index in [1.54, 1.807) is 31.4 Å². The molecule has 0 aliphatic rings. The summed E-state index contributed by atoms with van der Waals surface area (Å²) in [6, 6.07) is 6.27. The number of hydrogen-bond donors (Lipinski definition) is 3. The van der Waals surface area contributed by atoms with Crippen LogP contribution in [0.2, 0.25) is 0 Å². The smallest absolute Gasteiger partial charge is 0.320 e. The average molecular weight is 317 g/mol. The second kappa shape index (κ2) is 10.0. The number of carbonyl (C=O) groups is 2. The average Bonchev–Trinajstić information content (AvgIpc) is 2.43. The third-order valence-corrected chi connectivity index (χ3v) is 2.74. The summed E-state index contributed by atoms with van der Waals surface area (Å²) < 4.78 is 5.05. The lowest BCUT2D eigenvalue weighted by Crippen LogP contribution is -2.41. The first-order valence-corrected chi connectivity index (χ1v) is 6.47. The molecule has 0 bridgehead atoms. The summed E-state index contributed by atoms with van der Waals surface area (Å²) in [5.41, 5.74) is 0.610. The lowest BCUT2D eigenvalue weighted by molar-refractivity contribution is -0.139. The number of carboxylic acid groups (broad SMARTS) is 1. The van der Waals surface area contributed by atoms with Crippen LogP contribution in [0.1, 0.15) is 19.8 Å². The van der Waals surface area contributed by atoms with Crippen molar-refractivity contribution >= 4 is 30.0 Å². The summed E-state index contributed by atoms with van der Waals surface area (Å²) in [4.78, 5) is 22.7. The van der Waals surface area contributed by atoms with Gasteiger partial charge < -0.3 is 15.2 Å². The molecule has 0 aliphatic heterocycles. The molecule has 1 amide bonds. The lowest BCUT2D eigenvalue weighted by atomic mass is 10.2. The van der Waals surface area contributed by atoms with E-state index in [0.29, 0.717) is 17.9 Å². The molecule has 1 aromatic carbocycles. The number of rotatable bonds is 8. The Kier molecular flexibility index (Phi) is 9.16. The van der Waals surface area contributed by atoms with E-state index < -0.39 is 12.0 Å². The fourth-order valence-electron chi connectivity index (χ4n) is 1.72. The van der Waals surface area contributed by atoms with Crippen molar-refractivity contribution in [3.8, 4) is 5.75 Å². The maximum atomic E-state index is 11.7. The molecule has 0 fully saturated rings. The number of hydrogen-bond acceptors (Lipinski definition) is 4. The van der Waals surface area contributed by atoms with Crippen molar-refractivity contribution < 1.29 is 19.4 Å². The number of amides is 1. The van der Waals surface area contributed by atoms with E-state index in [4.69, 9.17) is 9.84 Å². The molecule has 0 saturated carbocycles. The Bertz CT molecular complexity index is 468. The minimum Gasteiger partial charge on any atom is -0.497 e. The number of carbonyl (C=O) groups excluding carboxylic acids is 1. The molecule has 0 saturated heterocycles. The first-order valence-electron chi connectivity index (χ1n) is 6.47. The number of anilines is 1. The third kappa shape index (κ3) is 6.97. The Morgan fingerprint density at radius 2 is 2.10 bits per heavy atom. The van der Waals surface area contributed by atoms with Gasteiger partial charge in [-0.2, -0.15) is 0 Å². The molecule has 6 nitrogen and oxygen atoms in total. The quantitative estimate of drug-likeness (QED) is 0.682. The Morgan fingerprint density at radius 3 is 2.67 bits per heavy atom. The highest BCUT2D eigenvalue weighted by Crippen LogP contribution is 2.16. The van der Waals surface area contributed by atoms with E-state index in [0.717, 1.165) is 6.42 Å². The van der Waals surface area contributed by atoms with Gasteiger partial charge >= 0.3 is 5.97 Å². The minimum atomic E-state index is -0.943. The number of halogens is 1. The van der Waals surface area contributed by atoms with Crippen LogP contribution in [-0.4, -0.2) is 36.7 Å². The first-order chi connectivity index (χ1) is 9.56. The van der Waals surface area contributed by atoms with Gasteiger partial charge in [-0.05, 0) is 18.6 Å². The zero-order valence-corrected chi connectivity index (χ0v) is 12.9. The van der Waals surface area contributed by atoms with Gasteiger partial charge in [-0.15, -0.1) is 12.4 Å². The Balaban J connectivity index is 0.00000400. The maximum absolute atomic E-state index is 11.7. The monoisotopic (exact) mass is 316 g/mol. The second-order valence-electron chi connectivity index (χ2n) is 4.34. The first kappa shape index (κ1) is 19.2. The molecule has 0 radical (unpaired) electrons. The molecule has 0 heterocycles. The molecule has 0 aliphatic carbocycles. The minimum absolute atomic E-state index is 0. The molecular weight excluding hydrogens is 296 g/mol. The fraction of sp³-hybridized carbons (Fsp3) is 0.429. The Hall–Kier alpha value is -1.79. The number of methoxy groups -OCH3 is 1. The van der Waals surface area contributed by atoms with Crippen molar-refractivity contribution in [3.63, 3.8) is 0 Å². The normalized spacial score (nSPS) is 11.1. The van der Waals surface area contributed by atoms with Crippen molar-refractivity contribution in [2.75, 3.05) is 19.0 Å². The van der Waals surface area contributed by atoms with Gasteiger partial charge in [-0.3, -0.25) is 14.9 Å². The molecule has 7 heteroatoms. The molecule has 1 unspecified atom stereocenters. The van der Waals surface area contributed by atoms with Gasteiger partial charge in [0.25, 0.3) is 0 Å². The molecule has 1 aromatic rings. The van der Waals surface area contributed by atoms with Gasteiger partial charge in [-0.1, -0.05) is 19.4 Å². The number of benzene rings is 1. The third-order valence-electron chi connectivity index (χ3n) is 2.74. The van der Waals surface area contributed by atoms with Crippen molar-refractivity contribution in [3.05, 3.63) is 24.3 Å². The van der Waals surface area contributed by atoms with Crippen LogP contribution in [0.5, 0.6) is 5.75 Å². The predicted octanol–water partition coefficient (Wildman–Crippen LogP) is 1.90. The topological polar surface area (TPSA) is 87.7 Å². The van der Waals surface area contributed by atoms with Crippen LogP contribution in [0.25, 0.3) is 0 Å². The van der Waals surface area contributed by atoms with Gasteiger partial charge in [0.15, 0.2) is 0 Å².